The van der Waals surface area contributed by atoms with E-state index in [1.165, 1.54) is 5.75 Å². The van der Waals surface area contributed by atoms with Gasteiger partial charge in [0, 0.05) is 18.4 Å². The number of aryl methyl sites for hydroxylation is 1. The summed E-state index contributed by atoms with van der Waals surface area (Å²) in [6.07, 6.45) is 4.26. The smallest absolute Gasteiger partial charge is 0.207 e. The molecule has 1 unspecified atom stereocenters. The van der Waals surface area contributed by atoms with Crippen molar-refractivity contribution in [2.45, 2.75) is 20.4 Å². The molecular formula is C15H21N3S. The topological polar surface area (TPSA) is 29.9 Å². The van der Waals surface area contributed by atoms with Gasteiger partial charge >= 0.3 is 0 Å². The lowest BCUT2D eigenvalue weighted by atomic mass is 10.2. The highest BCUT2D eigenvalue weighted by Gasteiger charge is 2.09. The summed E-state index contributed by atoms with van der Waals surface area (Å²) in [4.78, 5) is 4.56. The molecule has 1 atom stereocenters. The summed E-state index contributed by atoms with van der Waals surface area (Å²) in [7, 11) is 0. The SMILES string of the molecule is CSCC(C)Cn1cc(C)nc1Nc1ccccc1. The summed E-state index contributed by atoms with van der Waals surface area (Å²) in [5.74, 6) is 2.73. The van der Waals surface area contributed by atoms with Crippen molar-refractivity contribution in [2.24, 2.45) is 5.92 Å². The third-order valence-corrected chi connectivity index (χ3v) is 3.79. The van der Waals surface area contributed by atoms with Crippen LogP contribution in [-0.4, -0.2) is 21.6 Å². The summed E-state index contributed by atoms with van der Waals surface area (Å²) in [6.45, 7) is 5.31. The predicted molar refractivity (Wildman–Crippen MR) is 84.2 cm³/mol. The Labute approximate surface area is 119 Å². The second-order valence-corrected chi connectivity index (χ2v) is 5.82. The maximum atomic E-state index is 4.56. The van der Waals surface area contributed by atoms with E-state index >= 15 is 0 Å². The van der Waals surface area contributed by atoms with Gasteiger partial charge in [0.15, 0.2) is 0 Å². The minimum Gasteiger partial charge on any atom is -0.326 e. The second kappa shape index (κ2) is 6.66. The summed E-state index contributed by atoms with van der Waals surface area (Å²) >= 11 is 1.89. The maximum absolute atomic E-state index is 4.56. The Morgan fingerprint density at radius 3 is 2.74 bits per heavy atom. The maximum Gasteiger partial charge on any atom is 0.207 e. The first-order chi connectivity index (χ1) is 9.19. The van der Waals surface area contributed by atoms with E-state index in [1.54, 1.807) is 0 Å². The molecule has 0 bridgehead atoms. The van der Waals surface area contributed by atoms with Gasteiger partial charge in [0.05, 0.1) is 5.69 Å². The quantitative estimate of drug-likeness (QED) is 0.866. The van der Waals surface area contributed by atoms with Crippen LogP contribution < -0.4 is 5.32 Å². The van der Waals surface area contributed by atoms with Crippen LogP contribution in [0.25, 0.3) is 0 Å². The monoisotopic (exact) mass is 275 g/mol. The minimum absolute atomic E-state index is 0.639. The molecule has 0 aliphatic carbocycles. The Bertz CT molecular complexity index is 507. The number of hydrogen-bond acceptors (Lipinski definition) is 3. The number of rotatable bonds is 6. The van der Waals surface area contributed by atoms with Crippen LogP contribution in [0.1, 0.15) is 12.6 Å². The van der Waals surface area contributed by atoms with Crippen molar-refractivity contribution in [3.05, 3.63) is 42.2 Å². The highest BCUT2D eigenvalue weighted by molar-refractivity contribution is 7.98. The van der Waals surface area contributed by atoms with E-state index in [9.17, 15) is 0 Å². The molecule has 2 rings (SSSR count). The van der Waals surface area contributed by atoms with E-state index in [0.29, 0.717) is 5.92 Å². The van der Waals surface area contributed by atoms with Crippen LogP contribution in [0.3, 0.4) is 0 Å². The number of benzene rings is 1. The van der Waals surface area contributed by atoms with Gasteiger partial charge in [-0.2, -0.15) is 11.8 Å². The molecule has 0 saturated carbocycles. The lowest BCUT2D eigenvalue weighted by Gasteiger charge is -2.14. The highest BCUT2D eigenvalue weighted by atomic mass is 32.2. The number of aromatic nitrogens is 2. The number of hydrogen-bond donors (Lipinski definition) is 1. The van der Waals surface area contributed by atoms with Gasteiger partial charge in [-0.05, 0) is 37.0 Å². The molecule has 0 amide bonds. The van der Waals surface area contributed by atoms with Crippen LogP contribution in [0.2, 0.25) is 0 Å². The number of nitrogens with one attached hydrogen (secondary N) is 1. The van der Waals surface area contributed by atoms with E-state index in [-0.39, 0.29) is 0 Å². The first-order valence-electron chi connectivity index (χ1n) is 6.54. The first kappa shape index (κ1) is 14.0. The normalized spacial score (nSPS) is 12.4. The van der Waals surface area contributed by atoms with Gasteiger partial charge in [0.25, 0.3) is 0 Å². The fourth-order valence-corrected chi connectivity index (χ4v) is 2.78. The van der Waals surface area contributed by atoms with E-state index in [4.69, 9.17) is 0 Å². The lowest BCUT2D eigenvalue weighted by Crippen LogP contribution is -2.11. The van der Waals surface area contributed by atoms with Gasteiger partial charge in [-0.1, -0.05) is 25.1 Å². The number of nitrogens with zero attached hydrogens (tertiary/aromatic N) is 2. The standard InChI is InChI=1S/C15H21N3S/c1-12(11-19-3)9-18-10-13(2)16-15(18)17-14-7-5-4-6-8-14/h4-8,10,12H,9,11H2,1-3H3,(H,16,17). The van der Waals surface area contributed by atoms with Crippen molar-refractivity contribution >= 4 is 23.4 Å². The van der Waals surface area contributed by atoms with E-state index in [1.807, 2.05) is 36.9 Å². The van der Waals surface area contributed by atoms with E-state index < -0.39 is 0 Å². The molecule has 0 aliphatic rings. The zero-order valence-electron chi connectivity index (χ0n) is 11.8. The second-order valence-electron chi connectivity index (χ2n) is 4.91. The van der Waals surface area contributed by atoms with Crippen LogP contribution >= 0.6 is 11.8 Å². The van der Waals surface area contributed by atoms with Crippen molar-refractivity contribution in [1.29, 1.82) is 0 Å². The zero-order chi connectivity index (χ0) is 13.7. The van der Waals surface area contributed by atoms with Crippen molar-refractivity contribution in [1.82, 2.24) is 9.55 Å². The van der Waals surface area contributed by atoms with Crippen LogP contribution in [-0.2, 0) is 6.54 Å². The summed E-state index contributed by atoms with van der Waals surface area (Å²) in [5.41, 5.74) is 2.13. The van der Waals surface area contributed by atoms with Crippen molar-refractivity contribution in [3.8, 4) is 0 Å². The molecule has 1 aromatic carbocycles. The molecular weight excluding hydrogens is 254 g/mol. The van der Waals surface area contributed by atoms with Gasteiger partial charge in [-0.25, -0.2) is 4.98 Å². The third-order valence-electron chi connectivity index (χ3n) is 2.89. The largest absolute Gasteiger partial charge is 0.326 e. The average molecular weight is 275 g/mol. The Balaban J connectivity index is 2.12. The molecule has 0 saturated heterocycles. The molecule has 1 N–H and O–H groups in total. The van der Waals surface area contributed by atoms with Crippen LogP contribution in [0, 0.1) is 12.8 Å². The van der Waals surface area contributed by atoms with Crippen LogP contribution in [0.5, 0.6) is 0 Å². The molecule has 0 spiro atoms. The number of anilines is 2. The first-order valence-corrected chi connectivity index (χ1v) is 7.93. The van der Waals surface area contributed by atoms with Gasteiger partial charge in [0.2, 0.25) is 5.95 Å². The predicted octanol–water partition coefficient (Wildman–Crippen LogP) is 3.93. The number of para-hydroxylation sites is 1. The van der Waals surface area contributed by atoms with Crippen molar-refractivity contribution < 1.29 is 0 Å². The molecule has 1 heterocycles. The summed E-state index contributed by atoms with van der Waals surface area (Å²) in [5, 5.41) is 3.39. The molecule has 3 nitrogen and oxygen atoms in total. The molecule has 4 heteroatoms. The summed E-state index contributed by atoms with van der Waals surface area (Å²) in [6, 6.07) is 10.2. The molecule has 0 aliphatic heterocycles. The number of thioether (sulfide) groups is 1. The molecule has 102 valence electrons. The summed E-state index contributed by atoms with van der Waals surface area (Å²) < 4.78 is 2.21. The lowest BCUT2D eigenvalue weighted by molar-refractivity contribution is 0.535. The number of imidazole rings is 1. The van der Waals surface area contributed by atoms with E-state index in [0.717, 1.165) is 23.9 Å². The average Bonchev–Trinajstić information content (AvgIpc) is 2.71. The molecule has 1 aromatic heterocycles. The Morgan fingerprint density at radius 2 is 2.05 bits per heavy atom. The van der Waals surface area contributed by atoms with Gasteiger partial charge < -0.3 is 9.88 Å². The van der Waals surface area contributed by atoms with Crippen LogP contribution in [0.4, 0.5) is 11.6 Å². The molecule has 0 fully saturated rings. The minimum atomic E-state index is 0.639. The van der Waals surface area contributed by atoms with Crippen molar-refractivity contribution in [2.75, 3.05) is 17.3 Å². The Kier molecular flexibility index (Phi) is 4.91. The Morgan fingerprint density at radius 1 is 1.32 bits per heavy atom. The Hall–Kier alpha value is -1.42. The molecule has 19 heavy (non-hydrogen) atoms. The molecule has 0 radical (unpaired) electrons. The molecule has 2 aromatic rings. The van der Waals surface area contributed by atoms with E-state index in [2.05, 4.69) is 46.4 Å². The van der Waals surface area contributed by atoms with Crippen LogP contribution in [0.15, 0.2) is 36.5 Å². The van der Waals surface area contributed by atoms with Gasteiger partial charge in [-0.15, -0.1) is 0 Å². The highest BCUT2D eigenvalue weighted by Crippen LogP contribution is 2.18. The fourth-order valence-electron chi connectivity index (χ4n) is 2.11. The fraction of sp³-hybridized carbons (Fsp3) is 0.400. The third kappa shape index (κ3) is 4.03. The van der Waals surface area contributed by atoms with Gasteiger partial charge in [0.1, 0.15) is 0 Å². The van der Waals surface area contributed by atoms with Crippen molar-refractivity contribution in [3.63, 3.8) is 0 Å². The zero-order valence-corrected chi connectivity index (χ0v) is 12.6. The van der Waals surface area contributed by atoms with Gasteiger partial charge in [-0.3, -0.25) is 0 Å².